The van der Waals surface area contributed by atoms with E-state index in [2.05, 4.69) is 0 Å². The van der Waals surface area contributed by atoms with Crippen molar-refractivity contribution in [2.24, 2.45) is 0 Å². The van der Waals surface area contributed by atoms with E-state index in [1.807, 2.05) is 59.5 Å². The van der Waals surface area contributed by atoms with E-state index < -0.39 is 0 Å². The topological polar surface area (TPSA) is 68.5 Å². The molecule has 1 unspecified atom stereocenters. The molecule has 2 N–H and O–H groups in total. The maximum Gasteiger partial charge on any atom is 0.253 e. The maximum atomic E-state index is 13.0. The number of rotatable bonds is 4. The number of carbonyl (C=O) groups is 1. The van der Waals surface area contributed by atoms with Crippen molar-refractivity contribution in [3.05, 3.63) is 71.4 Å². The fourth-order valence-corrected chi connectivity index (χ4v) is 3.95. The monoisotopic (exact) mass is 375 g/mol. The van der Waals surface area contributed by atoms with Crippen molar-refractivity contribution in [1.82, 2.24) is 9.88 Å². The smallest absolute Gasteiger partial charge is 0.253 e. The minimum Gasteiger partial charge on any atom is -0.397 e. The second-order valence-corrected chi connectivity index (χ2v) is 7.38. The third-order valence-corrected chi connectivity index (χ3v) is 5.39. The zero-order valence-corrected chi connectivity index (χ0v) is 16.1. The molecule has 28 heavy (non-hydrogen) atoms. The third kappa shape index (κ3) is 3.71. The second kappa shape index (κ2) is 7.98. The number of ether oxygens (including phenoxy) is 1. The third-order valence-electron chi connectivity index (χ3n) is 5.39. The van der Waals surface area contributed by atoms with Crippen molar-refractivity contribution in [3.8, 4) is 0 Å². The lowest BCUT2D eigenvalue weighted by molar-refractivity contribution is 0.0706. The van der Waals surface area contributed by atoms with E-state index in [4.69, 9.17) is 15.5 Å². The van der Waals surface area contributed by atoms with Crippen LogP contribution in [0, 0.1) is 0 Å². The van der Waals surface area contributed by atoms with Crippen molar-refractivity contribution < 1.29 is 9.53 Å². The fourth-order valence-electron chi connectivity index (χ4n) is 3.95. The average Bonchev–Trinajstić information content (AvgIpc) is 2.73. The van der Waals surface area contributed by atoms with E-state index >= 15 is 0 Å². The number of likely N-dealkylation sites (tertiary alicyclic amines) is 1. The number of hydrogen-bond acceptors (Lipinski definition) is 4. The number of amides is 1. The summed E-state index contributed by atoms with van der Waals surface area (Å²) < 4.78 is 5.14. The van der Waals surface area contributed by atoms with Gasteiger partial charge in [-0.1, -0.05) is 30.3 Å². The van der Waals surface area contributed by atoms with Crippen LogP contribution in [0.15, 0.2) is 54.6 Å². The van der Waals surface area contributed by atoms with E-state index in [0.29, 0.717) is 24.4 Å². The lowest BCUT2D eigenvalue weighted by Gasteiger charge is -2.33. The number of aromatic nitrogens is 1. The SMILES string of the molecule is COCc1ccc(C(=O)N2CCCC(c3nc4ccccc4cc3N)C2)cc1. The second-order valence-electron chi connectivity index (χ2n) is 7.38. The molecule has 1 aromatic heterocycles. The van der Waals surface area contributed by atoms with Gasteiger partial charge >= 0.3 is 0 Å². The Kier molecular flexibility index (Phi) is 5.26. The van der Waals surface area contributed by atoms with E-state index in [9.17, 15) is 4.79 Å². The van der Waals surface area contributed by atoms with Gasteiger partial charge in [0, 0.05) is 37.1 Å². The van der Waals surface area contributed by atoms with Crippen LogP contribution in [0.3, 0.4) is 0 Å². The predicted molar refractivity (Wildman–Crippen MR) is 111 cm³/mol. The number of fused-ring (bicyclic) bond motifs is 1. The van der Waals surface area contributed by atoms with Crippen LogP contribution in [0.2, 0.25) is 0 Å². The highest BCUT2D eigenvalue weighted by Gasteiger charge is 2.27. The van der Waals surface area contributed by atoms with Crippen LogP contribution < -0.4 is 5.73 Å². The van der Waals surface area contributed by atoms with Gasteiger partial charge in [-0.25, -0.2) is 0 Å². The highest BCUT2D eigenvalue weighted by atomic mass is 16.5. The van der Waals surface area contributed by atoms with E-state index in [1.54, 1.807) is 7.11 Å². The van der Waals surface area contributed by atoms with Crippen molar-refractivity contribution in [2.75, 3.05) is 25.9 Å². The first-order chi connectivity index (χ1) is 13.7. The molecular formula is C23H25N3O2. The summed E-state index contributed by atoms with van der Waals surface area (Å²) in [5, 5.41) is 1.05. The molecule has 3 aromatic rings. The molecule has 1 amide bonds. The molecule has 2 aromatic carbocycles. The average molecular weight is 375 g/mol. The molecule has 4 rings (SSSR count). The number of nitrogens with two attached hydrogens (primary N) is 1. The van der Waals surface area contributed by atoms with Crippen LogP contribution >= 0.6 is 0 Å². The van der Waals surface area contributed by atoms with Gasteiger partial charge in [-0.2, -0.15) is 0 Å². The minimum absolute atomic E-state index is 0.0630. The number of benzene rings is 2. The zero-order valence-electron chi connectivity index (χ0n) is 16.1. The number of nitrogens with zero attached hydrogens (tertiary/aromatic N) is 2. The summed E-state index contributed by atoms with van der Waals surface area (Å²) >= 11 is 0. The molecular weight excluding hydrogens is 350 g/mol. The van der Waals surface area contributed by atoms with Gasteiger partial charge in [0.2, 0.25) is 0 Å². The molecule has 5 nitrogen and oxygen atoms in total. The lowest BCUT2D eigenvalue weighted by atomic mass is 9.92. The molecule has 0 bridgehead atoms. The molecule has 0 aliphatic carbocycles. The number of piperidine rings is 1. The minimum atomic E-state index is 0.0630. The first-order valence-corrected chi connectivity index (χ1v) is 9.68. The molecule has 1 aliphatic rings. The molecule has 144 valence electrons. The Morgan fingerprint density at radius 1 is 1.21 bits per heavy atom. The summed E-state index contributed by atoms with van der Waals surface area (Å²) in [6.07, 6.45) is 1.94. The van der Waals surface area contributed by atoms with E-state index in [0.717, 1.165) is 41.5 Å². The zero-order chi connectivity index (χ0) is 19.5. The fraction of sp³-hybridized carbons (Fsp3) is 0.304. The largest absolute Gasteiger partial charge is 0.397 e. The van der Waals surface area contributed by atoms with Gasteiger partial charge in [-0.15, -0.1) is 0 Å². The summed E-state index contributed by atoms with van der Waals surface area (Å²) in [5.41, 5.74) is 10.7. The van der Waals surface area contributed by atoms with Crippen LogP contribution in [0.4, 0.5) is 5.69 Å². The first-order valence-electron chi connectivity index (χ1n) is 9.68. The van der Waals surface area contributed by atoms with Gasteiger partial charge in [0.1, 0.15) is 0 Å². The van der Waals surface area contributed by atoms with Gasteiger partial charge in [0.05, 0.1) is 23.5 Å². The summed E-state index contributed by atoms with van der Waals surface area (Å²) in [4.78, 5) is 19.7. The van der Waals surface area contributed by atoms with Crippen LogP contribution in [0.5, 0.6) is 0 Å². The Labute approximate surface area is 165 Å². The summed E-state index contributed by atoms with van der Waals surface area (Å²) in [6.45, 7) is 1.96. The van der Waals surface area contributed by atoms with Gasteiger partial charge in [0.25, 0.3) is 5.91 Å². The number of para-hydroxylation sites is 1. The van der Waals surface area contributed by atoms with E-state index in [-0.39, 0.29) is 11.8 Å². The predicted octanol–water partition coefficient (Wildman–Crippen LogP) is 3.98. The van der Waals surface area contributed by atoms with Gasteiger partial charge in [-0.3, -0.25) is 9.78 Å². The van der Waals surface area contributed by atoms with Crippen LogP contribution in [-0.2, 0) is 11.3 Å². The van der Waals surface area contributed by atoms with Crippen molar-refractivity contribution in [2.45, 2.75) is 25.4 Å². The Hall–Kier alpha value is -2.92. The number of pyridine rings is 1. The van der Waals surface area contributed by atoms with Crippen LogP contribution in [0.1, 0.15) is 40.4 Å². The number of nitrogen functional groups attached to an aromatic ring is 1. The molecule has 0 radical (unpaired) electrons. The summed E-state index contributed by atoms with van der Waals surface area (Å²) in [6, 6.07) is 17.6. The number of methoxy groups -OCH3 is 1. The van der Waals surface area contributed by atoms with Crippen molar-refractivity contribution in [1.29, 1.82) is 0 Å². The summed E-state index contributed by atoms with van der Waals surface area (Å²) in [7, 11) is 1.67. The molecule has 2 heterocycles. The standard InChI is InChI=1S/C23H25N3O2/c1-28-15-16-8-10-17(11-9-16)23(27)26-12-4-6-19(14-26)22-20(24)13-18-5-2-3-7-21(18)25-22/h2-3,5,7-11,13,19H,4,6,12,14-15,24H2,1H3. The lowest BCUT2D eigenvalue weighted by Crippen LogP contribution is -2.39. The van der Waals surface area contributed by atoms with Gasteiger partial charge in [-0.05, 0) is 42.7 Å². The quantitative estimate of drug-likeness (QED) is 0.749. The highest BCUT2D eigenvalue weighted by molar-refractivity contribution is 5.94. The molecule has 1 atom stereocenters. The van der Waals surface area contributed by atoms with Crippen molar-refractivity contribution >= 4 is 22.5 Å². The Balaban J connectivity index is 1.54. The Bertz CT molecular complexity index is 985. The molecule has 1 saturated heterocycles. The number of carbonyl (C=O) groups excluding carboxylic acids is 1. The molecule has 1 aliphatic heterocycles. The van der Waals surface area contributed by atoms with Gasteiger partial charge in [0.15, 0.2) is 0 Å². The molecule has 5 heteroatoms. The summed E-state index contributed by atoms with van der Waals surface area (Å²) in [5.74, 6) is 0.225. The highest BCUT2D eigenvalue weighted by Crippen LogP contribution is 2.31. The Morgan fingerprint density at radius 3 is 2.79 bits per heavy atom. The molecule has 0 saturated carbocycles. The maximum absolute atomic E-state index is 13.0. The number of anilines is 1. The molecule has 1 fully saturated rings. The van der Waals surface area contributed by atoms with Crippen LogP contribution in [-0.4, -0.2) is 36.0 Å². The van der Waals surface area contributed by atoms with Gasteiger partial charge < -0.3 is 15.4 Å². The normalized spacial score (nSPS) is 17.0. The van der Waals surface area contributed by atoms with E-state index in [1.165, 1.54) is 0 Å². The van der Waals surface area contributed by atoms with Crippen molar-refractivity contribution in [3.63, 3.8) is 0 Å². The first kappa shape index (κ1) is 18.4. The number of hydrogen-bond donors (Lipinski definition) is 1. The Morgan fingerprint density at radius 2 is 2.00 bits per heavy atom. The van der Waals surface area contributed by atoms with Crippen LogP contribution in [0.25, 0.3) is 10.9 Å². The molecule has 0 spiro atoms.